The second kappa shape index (κ2) is 3.90. The molecule has 0 aromatic heterocycles. The molecule has 1 N–H and O–H groups in total. The molecule has 1 saturated heterocycles. The van der Waals surface area contributed by atoms with Crippen LogP contribution in [-0.4, -0.2) is 18.3 Å². The van der Waals surface area contributed by atoms with Crippen molar-refractivity contribution in [2.45, 2.75) is 12.5 Å². The van der Waals surface area contributed by atoms with Gasteiger partial charge in [0.2, 0.25) is 0 Å². The van der Waals surface area contributed by atoms with Crippen molar-refractivity contribution in [3.8, 4) is 0 Å². The van der Waals surface area contributed by atoms with Crippen LogP contribution in [0.1, 0.15) is 18.1 Å². The minimum atomic E-state index is 0.103. The van der Waals surface area contributed by atoms with E-state index in [4.69, 9.17) is 9.84 Å². The van der Waals surface area contributed by atoms with Crippen molar-refractivity contribution < 1.29 is 9.84 Å². The van der Waals surface area contributed by atoms with Crippen LogP contribution in [0, 0.1) is 5.92 Å². The molecule has 70 valence electrons. The van der Waals surface area contributed by atoms with Gasteiger partial charge >= 0.3 is 0 Å². The molecule has 0 amide bonds. The third kappa shape index (κ3) is 1.74. The molecule has 2 nitrogen and oxygen atoms in total. The quantitative estimate of drug-likeness (QED) is 0.747. The van der Waals surface area contributed by atoms with Crippen LogP contribution in [-0.2, 0) is 4.74 Å². The van der Waals surface area contributed by atoms with Crippen LogP contribution >= 0.6 is 0 Å². The third-order valence-electron chi connectivity index (χ3n) is 2.58. The van der Waals surface area contributed by atoms with Crippen molar-refractivity contribution in [2.75, 3.05) is 13.2 Å². The highest BCUT2D eigenvalue weighted by molar-refractivity contribution is 5.19. The molecule has 1 aromatic carbocycles. The van der Waals surface area contributed by atoms with Crippen LogP contribution in [0.25, 0.3) is 0 Å². The summed E-state index contributed by atoms with van der Waals surface area (Å²) in [5.74, 6) is 0.280. The molecular weight excluding hydrogens is 164 g/mol. The first-order valence-corrected chi connectivity index (χ1v) is 4.69. The van der Waals surface area contributed by atoms with Gasteiger partial charge in [-0.3, -0.25) is 0 Å². The maximum atomic E-state index is 9.12. The Bertz CT molecular complexity index is 258. The Kier molecular flexibility index (Phi) is 2.62. The molecule has 1 fully saturated rings. The first-order valence-electron chi connectivity index (χ1n) is 4.69. The Balaban J connectivity index is 2.16. The maximum Gasteiger partial charge on any atom is 0.0875 e. The van der Waals surface area contributed by atoms with E-state index in [9.17, 15) is 0 Å². The molecule has 2 heteroatoms. The van der Waals surface area contributed by atoms with E-state index in [-0.39, 0.29) is 18.6 Å². The zero-order valence-corrected chi connectivity index (χ0v) is 7.52. The molecule has 0 aliphatic carbocycles. The zero-order valence-electron chi connectivity index (χ0n) is 7.52. The van der Waals surface area contributed by atoms with Crippen LogP contribution < -0.4 is 0 Å². The molecule has 0 bridgehead atoms. The molecule has 0 spiro atoms. The Labute approximate surface area is 78.2 Å². The summed E-state index contributed by atoms with van der Waals surface area (Å²) in [4.78, 5) is 0. The van der Waals surface area contributed by atoms with Gasteiger partial charge in [0, 0.05) is 19.1 Å². The van der Waals surface area contributed by atoms with Crippen molar-refractivity contribution in [2.24, 2.45) is 5.92 Å². The number of aliphatic hydroxyl groups excluding tert-OH is 1. The van der Waals surface area contributed by atoms with Gasteiger partial charge in [0.25, 0.3) is 0 Å². The minimum Gasteiger partial charge on any atom is -0.396 e. The molecule has 1 aliphatic heterocycles. The summed E-state index contributed by atoms with van der Waals surface area (Å²) in [7, 11) is 0. The molecule has 0 saturated carbocycles. The van der Waals surface area contributed by atoms with E-state index in [1.807, 2.05) is 18.2 Å². The standard InChI is InChI=1S/C11H14O2/c12-8-10-6-7-13-11(10)9-4-2-1-3-5-9/h1-5,10-12H,6-8H2/t10-,11+/m0/s1. The average molecular weight is 178 g/mol. The minimum absolute atomic E-state index is 0.103. The summed E-state index contributed by atoms with van der Waals surface area (Å²) in [6.45, 7) is 0.990. The lowest BCUT2D eigenvalue weighted by Crippen LogP contribution is -2.11. The molecule has 2 atom stereocenters. The molecule has 1 aliphatic rings. The summed E-state index contributed by atoms with van der Waals surface area (Å²) < 4.78 is 5.58. The largest absolute Gasteiger partial charge is 0.396 e. The van der Waals surface area contributed by atoms with Crippen molar-refractivity contribution in [3.05, 3.63) is 35.9 Å². The average Bonchev–Trinajstić information content (AvgIpc) is 2.67. The van der Waals surface area contributed by atoms with Crippen LogP contribution in [0.2, 0.25) is 0 Å². The number of hydrogen-bond donors (Lipinski definition) is 1. The molecule has 1 aromatic rings. The Morgan fingerprint density at radius 3 is 2.77 bits per heavy atom. The first kappa shape index (κ1) is 8.73. The lowest BCUT2D eigenvalue weighted by Gasteiger charge is -2.16. The van der Waals surface area contributed by atoms with E-state index in [0.717, 1.165) is 13.0 Å². The summed E-state index contributed by atoms with van der Waals surface area (Å²) in [5.41, 5.74) is 1.18. The fraction of sp³-hybridized carbons (Fsp3) is 0.455. The lowest BCUT2D eigenvalue weighted by atomic mass is 9.96. The number of rotatable bonds is 2. The van der Waals surface area contributed by atoms with Crippen LogP contribution in [0.5, 0.6) is 0 Å². The normalized spacial score (nSPS) is 27.8. The smallest absolute Gasteiger partial charge is 0.0875 e. The predicted molar refractivity (Wildman–Crippen MR) is 50.3 cm³/mol. The molecule has 1 heterocycles. The second-order valence-electron chi connectivity index (χ2n) is 3.43. The lowest BCUT2D eigenvalue weighted by molar-refractivity contribution is 0.0720. The topological polar surface area (TPSA) is 29.5 Å². The number of benzene rings is 1. The first-order chi connectivity index (χ1) is 6.42. The van der Waals surface area contributed by atoms with Crippen LogP contribution in [0.15, 0.2) is 30.3 Å². The van der Waals surface area contributed by atoms with Gasteiger partial charge in [-0.1, -0.05) is 30.3 Å². The highest BCUT2D eigenvalue weighted by Crippen LogP contribution is 2.33. The van der Waals surface area contributed by atoms with Crippen molar-refractivity contribution in [1.29, 1.82) is 0 Å². The number of ether oxygens (including phenoxy) is 1. The van der Waals surface area contributed by atoms with Crippen molar-refractivity contribution in [3.63, 3.8) is 0 Å². The Hall–Kier alpha value is -0.860. The van der Waals surface area contributed by atoms with E-state index >= 15 is 0 Å². The highest BCUT2D eigenvalue weighted by atomic mass is 16.5. The zero-order chi connectivity index (χ0) is 9.10. The molecule has 13 heavy (non-hydrogen) atoms. The van der Waals surface area contributed by atoms with Gasteiger partial charge in [0.1, 0.15) is 0 Å². The maximum absolute atomic E-state index is 9.12. The summed E-state index contributed by atoms with van der Waals surface area (Å²) >= 11 is 0. The fourth-order valence-electron chi connectivity index (χ4n) is 1.83. The van der Waals surface area contributed by atoms with Crippen LogP contribution in [0.3, 0.4) is 0 Å². The van der Waals surface area contributed by atoms with Gasteiger partial charge < -0.3 is 9.84 Å². The Morgan fingerprint density at radius 1 is 1.31 bits per heavy atom. The fourth-order valence-corrected chi connectivity index (χ4v) is 1.83. The van der Waals surface area contributed by atoms with E-state index in [1.165, 1.54) is 5.56 Å². The number of hydrogen-bond acceptors (Lipinski definition) is 2. The SMILES string of the molecule is OC[C@@H]1CCO[C@@H]1c1ccccc1. The molecule has 0 unspecified atom stereocenters. The van der Waals surface area contributed by atoms with Gasteiger partial charge in [0.15, 0.2) is 0 Å². The van der Waals surface area contributed by atoms with Gasteiger partial charge in [-0.2, -0.15) is 0 Å². The van der Waals surface area contributed by atoms with Gasteiger partial charge in [-0.05, 0) is 12.0 Å². The van der Waals surface area contributed by atoms with Crippen molar-refractivity contribution in [1.82, 2.24) is 0 Å². The van der Waals surface area contributed by atoms with E-state index in [0.29, 0.717) is 0 Å². The van der Waals surface area contributed by atoms with E-state index in [1.54, 1.807) is 0 Å². The molecule has 2 rings (SSSR count). The highest BCUT2D eigenvalue weighted by Gasteiger charge is 2.28. The second-order valence-corrected chi connectivity index (χ2v) is 3.43. The summed E-state index contributed by atoms with van der Waals surface area (Å²) in [6.07, 6.45) is 1.07. The Morgan fingerprint density at radius 2 is 2.08 bits per heavy atom. The monoisotopic (exact) mass is 178 g/mol. The predicted octanol–water partition coefficient (Wildman–Crippen LogP) is 1.76. The number of aliphatic hydroxyl groups is 1. The molecule has 0 radical (unpaired) electrons. The van der Waals surface area contributed by atoms with Crippen LogP contribution in [0.4, 0.5) is 0 Å². The molecular formula is C11H14O2. The van der Waals surface area contributed by atoms with Gasteiger partial charge in [0.05, 0.1) is 6.10 Å². The summed E-state index contributed by atoms with van der Waals surface area (Å²) in [6, 6.07) is 10.1. The van der Waals surface area contributed by atoms with E-state index < -0.39 is 0 Å². The third-order valence-corrected chi connectivity index (χ3v) is 2.58. The van der Waals surface area contributed by atoms with Crippen molar-refractivity contribution >= 4 is 0 Å². The van der Waals surface area contributed by atoms with Gasteiger partial charge in [-0.25, -0.2) is 0 Å². The van der Waals surface area contributed by atoms with Gasteiger partial charge in [-0.15, -0.1) is 0 Å². The summed E-state index contributed by atoms with van der Waals surface area (Å²) in [5, 5.41) is 9.12. The van der Waals surface area contributed by atoms with E-state index in [2.05, 4.69) is 12.1 Å².